The Kier molecular flexibility index (Phi) is 6.21. The summed E-state index contributed by atoms with van der Waals surface area (Å²) in [7, 11) is 1.82. The van der Waals surface area contributed by atoms with Gasteiger partial charge in [0.15, 0.2) is 0 Å². The molecule has 3 nitrogen and oxygen atoms in total. The Morgan fingerprint density at radius 1 is 1.57 bits per heavy atom. The van der Waals surface area contributed by atoms with Gasteiger partial charge in [0, 0.05) is 19.6 Å². The van der Waals surface area contributed by atoms with Crippen molar-refractivity contribution in [1.82, 2.24) is 4.90 Å². The van der Waals surface area contributed by atoms with Crippen molar-refractivity contribution in [3.8, 4) is 0 Å². The number of allylic oxidation sites excluding steroid dienone is 1. The molecule has 0 spiro atoms. The number of nitrogens with two attached hydrogens (primary N) is 1. The molecule has 3 heteroatoms. The fourth-order valence-electron chi connectivity index (χ4n) is 1.16. The summed E-state index contributed by atoms with van der Waals surface area (Å²) in [5.41, 5.74) is 5.67. The summed E-state index contributed by atoms with van der Waals surface area (Å²) in [4.78, 5) is 13.4. The van der Waals surface area contributed by atoms with E-state index in [1.165, 1.54) is 0 Å². The number of unbranched alkanes of at least 4 members (excludes halogenated alkanes) is 1. The molecule has 0 aromatic rings. The summed E-state index contributed by atoms with van der Waals surface area (Å²) >= 11 is 0. The molecule has 0 aromatic heterocycles. The fourth-order valence-corrected chi connectivity index (χ4v) is 1.16. The van der Waals surface area contributed by atoms with Gasteiger partial charge in [-0.25, -0.2) is 0 Å². The number of carbonyl (C=O) groups is 1. The first-order chi connectivity index (χ1) is 6.50. The van der Waals surface area contributed by atoms with E-state index in [-0.39, 0.29) is 17.9 Å². The summed E-state index contributed by atoms with van der Waals surface area (Å²) in [6, 6.07) is -0.0793. The monoisotopic (exact) mass is 198 g/mol. The van der Waals surface area contributed by atoms with Gasteiger partial charge in [-0.2, -0.15) is 0 Å². The van der Waals surface area contributed by atoms with E-state index in [0.29, 0.717) is 0 Å². The van der Waals surface area contributed by atoms with Gasteiger partial charge in [-0.05, 0) is 19.8 Å². The van der Waals surface area contributed by atoms with Gasteiger partial charge in [0.2, 0.25) is 5.91 Å². The Bertz CT molecular complexity index is 190. The maximum absolute atomic E-state index is 11.7. The van der Waals surface area contributed by atoms with E-state index in [4.69, 9.17) is 5.73 Å². The topological polar surface area (TPSA) is 46.3 Å². The highest BCUT2D eigenvalue weighted by atomic mass is 16.2. The number of amides is 1. The molecule has 2 atom stereocenters. The van der Waals surface area contributed by atoms with Crippen molar-refractivity contribution in [1.29, 1.82) is 0 Å². The third-order valence-corrected chi connectivity index (χ3v) is 2.46. The number of hydrogen-bond donors (Lipinski definition) is 1. The lowest BCUT2D eigenvalue weighted by Gasteiger charge is -2.23. The molecule has 14 heavy (non-hydrogen) atoms. The number of rotatable bonds is 6. The van der Waals surface area contributed by atoms with Crippen LogP contribution in [0.5, 0.6) is 0 Å². The smallest absolute Gasteiger partial charge is 0.226 e. The zero-order chi connectivity index (χ0) is 11.1. The highest BCUT2D eigenvalue weighted by Gasteiger charge is 2.19. The number of carbonyl (C=O) groups excluding carboxylic acids is 1. The van der Waals surface area contributed by atoms with E-state index in [1.807, 2.05) is 27.0 Å². The normalized spacial score (nSPS) is 14.6. The maximum Gasteiger partial charge on any atom is 0.226 e. The van der Waals surface area contributed by atoms with Crippen molar-refractivity contribution in [2.24, 2.45) is 11.7 Å². The minimum absolute atomic E-state index is 0.0793. The average Bonchev–Trinajstić information content (AvgIpc) is 2.15. The first kappa shape index (κ1) is 13.2. The van der Waals surface area contributed by atoms with E-state index < -0.39 is 0 Å². The highest BCUT2D eigenvalue weighted by molar-refractivity contribution is 5.78. The molecular weight excluding hydrogens is 176 g/mol. The summed E-state index contributed by atoms with van der Waals surface area (Å²) < 4.78 is 0. The second-order valence-electron chi connectivity index (χ2n) is 3.84. The standard InChI is InChI=1S/C11H22N2O/c1-5-6-7-8-13(4)11(14)9(2)10(3)12/h5,9-10H,1,6-8,12H2,2-4H3. The summed E-state index contributed by atoms with van der Waals surface area (Å²) in [5, 5.41) is 0. The van der Waals surface area contributed by atoms with Crippen LogP contribution in [0.25, 0.3) is 0 Å². The first-order valence-electron chi connectivity index (χ1n) is 5.12. The van der Waals surface area contributed by atoms with Gasteiger partial charge >= 0.3 is 0 Å². The molecule has 0 aliphatic heterocycles. The Morgan fingerprint density at radius 2 is 2.14 bits per heavy atom. The van der Waals surface area contributed by atoms with Crippen molar-refractivity contribution >= 4 is 5.91 Å². The molecule has 0 fully saturated rings. The van der Waals surface area contributed by atoms with Crippen LogP contribution in [0.2, 0.25) is 0 Å². The van der Waals surface area contributed by atoms with Crippen LogP contribution in [0.4, 0.5) is 0 Å². The molecule has 0 saturated heterocycles. The van der Waals surface area contributed by atoms with E-state index in [0.717, 1.165) is 19.4 Å². The number of nitrogens with zero attached hydrogens (tertiary/aromatic N) is 1. The van der Waals surface area contributed by atoms with Crippen molar-refractivity contribution < 1.29 is 4.79 Å². The van der Waals surface area contributed by atoms with Crippen LogP contribution in [0, 0.1) is 5.92 Å². The average molecular weight is 198 g/mol. The number of hydrogen-bond acceptors (Lipinski definition) is 2. The molecule has 82 valence electrons. The van der Waals surface area contributed by atoms with Crippen LogP contribution in [0.3, 0.4) is 0 Å². The van der Waals surface area contributed by atoms with Gasteiger partial charge in [-0.1, -0.05) is 13.0 Å². The van der Waals surface area contributed by atoms with E-state index >= 15 is 0 Å². The molecular formula is C11H22N2O. The summed E-state index contributed by atoms with van der Waals surface area (Å²) in [6.07, 6.45) is 3.79. The van der Waals surface area contributed by atoms with Crippen molar-refractivity contribution in [3.63, 3.8) is 0 Å². The van der Waals surface area contributed by atoms with Crippen molar-refractivity contribution in [2.75, 3.05) is 13.6 Å². The van der Waals surface area contributed by atoms with Crippen LogP contribution in [-0.2, 0) is 4.79 Å². The van der Waals surface area contributed by atoms with Crippen LogP contribution >= 0.6 is 0 Å². The zero-order valence-corrected chi connectivity index (χ0v) is 9.49. The minimum Gasteiger partial charge on any atom is -0.345 e. The second kappa shape index (κ2) is 6.60. The molecule has 0 aliphatic carbocycles. The fraction of sp³-hybridized carbons (Fsp3) is 0.727. The molecule has 0 radical (unpaired) electrons. The largest absolute Gasteiger partial charge is 0.345 e. The molecule has 2 N–H and O–H groups in total. The SMILES string of the molecule is C=CCCCN(C)C(=O)C(C)C(C)N. The molecule has 2 unspecified atom stereocenters. The van der Waals surface area contributed by atoms with Crippen LogP contribution in [-0.4, -0.2) is 30.4 Å². The quantitative estimate of drug-likeness (QED) is 0.518. The Labute approximate surface area is 87.0 Å². The predicted octanol–water partition coefficient (Wildman–Crippen LogP) is 1.39. The van der Waals surface area contributed by atoms with Crippen LogP contribution < -0.4 is 5.73 Å². The molecule has 0 heterocycles. The van der Waals surface area contributed by atoms with Crippen LogP contribution in [0.1, 0.15) is 26.7 Å². The lowest BCUT2D eigenvalue weighted by atomic mass is 10.0. The Morgan fingerprint density at radius 3 is 2.57 bits per heavy atom. The summed E-state index contributed by atoms with van der Waals surface area (Å²) in [5.74, 6) is 0.0350. The predicted molar refractivity (Wildman–Crippen MR) is 59.9 cm³/mol. The zero-order valence-electron chi connectivity index (χ0n) is 9.49. The minimum atomic E-state index is -0.0938. The van der Waals surface area contributed by atoms with E-state index in [2.05, 4.69) is 6.58 Å². The molecule has 0 rings (SSSR count). The van der Waals surface area contributed by atoms with E-state index in [1.54, 1.807) is 4.90 Å². The lowest BCUT2D eigenvalue weighted by molar-refractivity contribution is -0.134. The molecule has 0 saturated carbocycles. The summed E-state index contributed by atoms with van der Waals surface area (Å²) in [6.45, 7) is 8.16. The Balaban J connectivity index is 3.92. The molecule has 0 aliphatic rings. The van der Waals surface area contributed by atoms with Crippen molar-refractivity contribution in [2.45, 2.75) is 32.7 Å². The van der Waals surface area contributed by atoms with Gasteiger partial charge in [0.25, 0.3) is 0 Å². The van der Waals surface area contributed by atoms with Gasteiger partial charge in [-0.15, -0.1) is 6.58 Å². The van der Waals surface area contributed by atoms with Gasteiger partial charge in [0.05, 0.1) is 5.92 Å². The molecule has 1 amide bonds. The maximum atomic E-state index is 11.7. The van der Waals surface area contributed by atoms with Crippen molar-refractivity contribution in [3.05, 3.63) is 12.7 Å². The van der Waals surface area contributed by atoms with Gasteiger partial charge < -0.3 is 10.6 Å². The van der Waals surface area contributed by atoms with Gasteiger partial charge in [0.1, 0.15) is 0 Å². The van der Waals surface area contributed by atoms with Gasteiger partial charge in [-0.3, -0.25) is 4.79 Å². The van der Waals surface area contributed by atoms with Crippen LogP contribution in [0.15, 0.2) is 12.7 Å². The second-order valence-corrected chi connectivity index (χ2v) is 3.84. The first-order valence-corrected chi connectivity index (χ1v) is 5.12. The third-order valence-electron chi connectivity index (χ3n) is 2.46. The highest BCUT2D eigenvalue weighted by Crippen LogP contribution is 2.05. The third kappa shape index (κ3) is 4.42. The Hall–Kier alpha value is -0.830. The van der Waals surface area contributed by atoms with E-state index in [9.17, 15) is 4.79 Å². The molecule has 0 bridgehead atoms. The lowest BCUT2D eigenvalue weighted by Crippen LogP contribution is -2.40. The molecule has 0 aromatic carbocycles.